The summed E-state index contributed by atoms with van der Waals surface area (Å²) in [5.74, 6) is 0. The monoisotopic (exact) mass is 228 g/mol. The topological polar surface area (TPSA) is 58.3 Å². The summed E-state index contributed by atoms with van der Waals surface area (Å²) in [4.78, 5) is 0. The average Bonchev–Trinajstić information content (AvgIpc) is 2.26. The molecule has 0 fully saturated rings. The summed E-state index contributed by atoms with van der Waals surface area (Å²) in [5.41, 5.74) is 6.78. The van der Waals surface area contributed by atoms with Crippen LogP contribution in [0.1, 0.15) is 5.56 Å². The quantitative estimate of drug-likeness (QED) is 0.631. The van der Waals surface area contributed by atoms with Crippen LogP contribution in [-0.4, -0.2) is 30.8 Å². The second-order valence-corrected chi connectivity index (χ2v) is 3.96. The fourth-order valence-electron chi connectivity index (χ4n) is 1.24. The Morgan fingerprint density at radius 2 is 2.00 bits per heavy atom. The summed E-state index contributed by atoms with van der Waals surface area (Å²) >= 11 is 5.77. The molecule has 15 heavy (non-hydrogen) atoms. The number of halogens is 1. The third kappa shape index (κ3) is 5.14. The first kappa shape index (κ1) is 12.5. The molecule has 1 aromatic carbocycles. The van der Waals surface area contributed by atoms with E-state index in [9.17, 15) is 0 Å². The molecule has 1 rings (SSSR count). The molecule has 0 aliphatic carbocycles. The number of rotatable bonds is 6. The molecule has 0 saturated carbocycles. The highest BCUT2D eigenvalue weighted by molar-refractivity contribution is 6.30. The molecule has 0 heterocycles. The Balaban J connectivity index is 2.17. The molecule has 0 bridgehead atoms. The number of aliphatic hydroxyl groups is 1. The second kappa shape index (κ2) is 6.80. The molecule has 0 spiro atoms. The van der Waals surface area contributed by atoms with E-state index in [1.807, 2.05) is 24.3 Å². The predicted molar refractivity (Wildman–Crippen MR) is 63.1 cm³/mol. The van der Waals surface area contributed by atoms with E-state index in [4.69, 9.17) is 22.4 Å². The summed E-state index contributed by atoms with van der Waals surface area (Å²) in [7, 11) is 0. The van der Waals surface area contributed by atoms with Crippen LogP contribution in [-0.2, 0) is 6.42 Å². The Morgan fingerprint density at radius 1 is 1.33 bits per heavy atom. The van der Waals surface area contributed by atoms with Gasteiger partial charge in [0.1, 0.15) is 0 Å². The van der Waals surface area contributed by atoms with Gasteiger partial charge in [-0.15, -0.1) is 0 Å². The summed E-state index contributed by atoms with van der Waals surface area (Å²) in [6.07, 6.45) is 0.940. The minimum atomic E-state index is -0.171. The molecule has 0 amide bonds. The number of benzene rings is 1. The Labute approximate surface area is 95.2 Å². The minimum Gasteiger partial charge on any atom is -0.395 e. The molecule has 0 saturated heterocycles. The molecule has 0 aromatic heterocycles. The van der Waals surface area contributed by atoms with E-state index in [2.05, 4.69) is 5.32 Å². The molecule has 1 atom stereocenters. The van der Waals surface area contributed by atoms with Crippen LogP contribution in [0.5, 0.6) is 0 Å². The summed E-state index contributed by atoms with van der Waals surface area (Å²) in [6.45, 7) is 1.52. The fraction of sp³-hybridized carbons (Fsp3) is 0.455. The van der Waals surface area contributed by atoms with E-state index in [-0.39, 0.29) is 12.6 Å². The van der Waals surface area contributed by atoms with Crippen LogP contribution >= 0.6 is 11.6 Å². The van der Waals surface area contributed by atoms with Gasteiger partial charge in [0.05, 0.1) is 6.61 Å². The first-order valence-corrected chi connectivity index (χ1v) is 5.42. The molecule has 84 valence electrons. The van der Waals surface area contributed by atoms with Gasteiger partial charge >= 0.3 is 0 Å². The third-order valence-electron chi connectivity index (χ3n) is 2.14. The van der Waals surface area contributed by atoms with Crippen molar-refractivity contribution >= 4 is 11.6 Å². The van der Waals surface area contributed by atoms with Crippen LogP contribution in [0.25, 0.3) is 0 Å². The lowest BCUT2D eigenvalue weighted by atomic mass is 10.1. The lowest BCUT2D eigenvalue weighted by molar-refractivity contribution is 0.262. The van der Waals surface area contributed by atoms with Gasteiger partial charge < -0.3 is 16.2 Å². The first-order valence-electron chi connectivity index (χ1n) is 5.04. The highest BCUT2D eigenvalue weighted by Gasteiger charge is 1.98. The van der Waals surface area contributed by atoms with Gasteiger partial charge in [0.15, 0.2) is 0 Å². The van der Waals surface area contributed by atoms with Gasteiger partial charge in [0.25, 0.3) is 0 Å². The Bertz CT molecular complexity index is 276. The van der Waals surface area contributed by atoms with Crippen molar-refractivity contribution < 1.29 is 5.11 Å². The van der Waals surface area contributed by atoms with Gasteiger partial charge in [-0.05, 0) is 30.7 Å². The average molecular weight is 229 g/mol. The zero-order chi connectivity index (χ0) is 11.1. The second-order valence-electron chi connectivity index (χ2n) is 3.52. The molecule has 0 aliphatic heterocycles. The van der Waals surface area contributed by atoms with Crippen LogP contribution < -0.4 is 11.1 Å². The van der Waals surface area contributed by atoms with E-state index >= 15 is 0 Å². The number of hydrogen-bond acceptors (Lipinski definition) is 3. The lowest BCUT2D eigenvalue weighted by Crippen LogP contribution is -2.37. The normalized spacial score (nSPS) is 12.7. The standard InChI is InChI=1S/C11H17ClN2O/c12-10-3-1-9(2-4-10)5-6-14-7-11(13)8-15/h1-4,11,14-15H,5-8,13H2. The van der Waals surface area contributed by atoms with E-state index < -0.39 is 0 Å². The zero-order valence-corrected chi connectivity index (χ0v) is 9.37. The van der Waals surface area contributed by atoms with Crippen molar-refractivity contribution in [3.8, 4) is 0 Å². The first-order chi connectivity index (χ1) is 7.22. The summed E-state index contributed by atoms with van der Waals surface area (Å²) in [5, 5.41) is 12.6. The van der Waals surface area contributed by atoms with Crippen LogP contribution in [0.15, 0.2) is 24.3 Å². The molecule has 1 aromatic rings. The molecule has 0 radical (unpaired) electrons. The van der Waals surface area contributed by atoms with Crippen molar-refractivity contribution in [3.63, 3.8) is 0 Å². The largest absolute Gasteiger partial charge is 0.395 e. The third-order valence-corrected chi connectivity index (χ3v) is 2.40. The highest BCUT2D eigenvalue weighted by atomic mass is 35.5. The van der Waals surface area contributed by atoms with E-state index in [1.54, 1.807) is 0 Å². The Morgan fingerprint density at radius 3 is 2.60 bits per heavy atom. The lowest BCUT2D eigenvalue weighted by Gasteiger charge is -2.09. The summed E-state index contributed by atoms with van der Waals surface area (Å²) < 4.78 is 0. The van der Waals surface area contributed by atoms with Gasteiger partial charge in [-0.25, -0.2) is 0 Å². The van der Waals surface area contributed by atoms with Crippen molar-refractivity contribution in [2.24, 2.45) is 5.73 Å². The van der Waals surface area contributed by atoms with E-state index in [1.165, 1.54) is 5.56 Å². The number of hydrogen-bond donors (Lipinski definition) is 3. The summed E-state index contributed by atoms with van der Waals surface area (Å²) in [6, 6.07) is 7.62. The van der Waals surface area contributed by atoms with E-state index in [0.29, 0.717) is 6.54 Å². The minimum absolute atomic E-state index is 0.0218. The van der Waals surface area contributed by atoms with Crippen LogP contribution in [0.4, 0.5) is 0 Å². The fourth-order valence-corrected chi connectivity index (χ4v) is 1.36. The smallest absolute Gasteiger partial charge is 0.0594 e. The van der Waals surface area contributed by atoms with Gasteiger partial charge in [0.2, 0.25) is 0 Å². The molecule has 0 aliphatic rings. The zero-order valence-electron chi connectivity index (χ0n) is 8.62. The molecule has 3 nitrogen and oxygen atoms in total. The molecule has 4 N–H and O–H groups in total. The van der Waals surface area contributed by atoms with Crippen molar-refractivity contribution in [3.05, 3.63) is 34.9 Å². The van der Waals surface area contributed by atoms with Crippen molar-refractivity contribution in [1.29, 1.82) is 0 Å². The molecule has 4 heteroatoms. The molecule has 1 unspecified atom stereocenters. The van der Waals surface area contributed by atoms with Crippen LogP contribution in [0.2, 0.25) is 5.02 Å². The van der Waals surface area contributed by atoms with E-state index in [0.717, 1.165) is 18.0 Å². The number of aliphatic hydroxyl groups excluding tert-OH is 1. The van der Waals surface area contributed by atoms with Crippen molar-refractivity contribution in [2.45, 2.75) is 12.5 Å². The van der Waals surface area contributed by atoms with Gasteiger partial charge in [0, 0.05) is 17.6 Å². The maximum atomic E-state index is 8.70. The van der Waals surface area contributed by atoms with Crippen LogP contribution in [0, 0.1) is 0 Å². The predicted octanol–water partition coefficient (Wildman–Crippen LogP) is 0.792. The SMILES string of the molecule is NC(CO)CNCCc1ccc(Cl)cc1. The van der Waals surface area contributed by atoms with Gasteiger partial charge in [-0.2, -0.15) is 0 Å². The van der Waals surface area contributed by atoms with Crippen LogP contribution in [0.3, 0.4) is 0 Å². The molecular weight excluding hydrogens is 212 g/mol. The number of nitrogens with one attached hydrogen (secondary N) is 1. The maximum Gasteiger partial charge on any atom is 0.0594 e. The molecular formula is C11H17ClN2O. The van der Waals surface area contributed by atoms with Gasteiger partial charge in [-0.3, -0.25) is 0 Å². The van der Waals surface area contributed by atoms with Gasteiger partial charge in [-0.1, -0.05) is 23.7 Å². The Kier molecular flexibility index (Phi) is 5.65. The Hall–Kier alpha value is -0.610. The highest BCUT2D eigenvalue weighted by Crippen LogP contribution is 2.09. The maximum absolute atomic E-state index is 8.70. The van der Waals surface area contributed by atoms with Crippen molar-refractivity contribution in [2.75, 3.05) is 19.7 Å². The number of nitrogens with two attached hydrogens (primary N) is 1. The van der Waals surface area contributed by atoms with Crippen molar-refractivity contribution in [1.82, 2.24) is 5.32 Å².